The minimum absolute atomic E-state index is 0.0156. The van der Waals surface area contributed by atoms with Crippen LogP contribution in [0.4, 0.5) is 0 Å². The summed E-state index contributed by atoms with van der Waals surface area (Å²) in [4.78, 5) is 23.0. The molecule has 0 aromatic carbocycles. The highest BCUT2D eigenvalue weighted by Crippen LogP contribution is 2.30. The number of halogens is 1. The van der Waals surface area contributed by atoms with Gasteiger partial charge in [0.15, 0.2) is 22.1 Å². The minimum atomic E-state index is -1.10. The van der Waals surface area contributed by atoms with E-state index >= 15 is 0 Å². The molecule has 1 aliphatic heterocycles. The number of nitrogens with zero attached hydrogens (tertiary/aromatic N) is 3. The SMILES string of the molecule is CCc1nc2c(nc(Br)n2C2OCC(O)C2O)c(=O)[nH]1. The van der Waals surface area contributed by atoms with Gasteiger partial charge < -0.3 is 19.9 Å². The average molecular weight is 345 g/mol. The van der Waals surface area contributed by atoms with Crippen LogP contribution in [0.2, 0.25) is 0 Å². The number of imidazole rings is 1. The molecule has 2 aromatic heterocycles. The van der Waals surface area contributed by atoms with Crippen LogP contribution in [0.25, 0.3) is 11.2 Å². The number of hydrogen-bond acceptors (Lipinski definition) is 6. The van der Waals surface area contributed by atoms with Gasteiger partial charge in [-0.2, -0.15) is 0 Å². The topological polar surface area (TPSA) is 113 Å². The third kappa shape index (κ3) is 1.97. The Hall–Kier alpha value is -1.29. The van der Waals surface area contributed by atoms with Gasteiger partial charge in [-0.15, -0.1) is 0 Å². The number of fused-ring (bicyclic) bond motifs is 1. The van der Waals surface area contributed by atoms with Crippen molar-refractivity contribution in [3.63, 3.8) is 0 Å². The number of aliphatic hydroxyl groups excluding tert-OH is 2. The zero-order valence-corrected chi connectivity index (χ0v) is 12.2. The summed E-state index contributed by atoms with van der Waals surface area (Å²) < 4.78 is 7.16. The van der Waals surface area contributed by atoms with Crippen LogP contribution in [0.3, 0.4) is 0 Å². The zero-order chi connectivity index (χ0) is 14.4. The van der Waals surface area contributed by atoms with Crippen molar-refractivity contribution in [2.24, 2.45) is 0 Å². The number of nitrogens with one attached hydrogen (secondary N) is 1. The first-order valence-corrected chi connectivity index (χ1v) is 6.96. The Bertz CT molecular complexity index is 712. The lowest BCUT2D eigenvalue weighted by Gasteiger charge is -2.17. The Morgan fingerprint density at radius 1 is 1.50 bits per heavy atom. The smallest absolute Gasteiger partial charge is 0.279 e. The van der Waals surface area contributed by atoms with Crippen molar-refractivity contribution in [1.29, 1.82) is 0 Å². The molecular formula is C11H13BrN4O4. The molecule has 0 saturated carbocycles. The summed E-state index contributed by atoms with van der Waals surface area (Å²) in [5, 5.41) is 19.5. The summed E-state index contributed by atoms with van der Waals surface area (Å²) in [7, 11) is 0. The van der Waals surface area contributed by atoms with Crippen molar-refractivity contribution in [3.8, 4) is 0 Å². The highest BCUT2D eigenvalue weighted by atomic mass is 79.9. The molecule has 0 radical (unpaired) electrons. The summed E-state index contributed by atoms with van der Waals surface area (Å²) >= 11 is 3.23. The summed E-state index contributed by atoms with van der Waals surface area (Å²) in [5.41, 5.74) is 0.126. The van der Waals surface area contributed by atoms with E-state index in [0.29, 0.717) is 22.6 Å². The average Bonchev–Trinajstić information content (AvgIpc) is 2.91. The van der Waals surface area contributed by atoms with E-state index in [1.165, 1.54) is 4.57 Å². The molecule has 20 heavy (non-hydrogen) atoms. The van der Waals surface area contributed by atoms with Crippen LogP contribution in [0.1, 0.15) is 19.0 Å². The molecule has 0 bridgehead atoms. The summed E-state index contributed by atoms with van der Waals surface area (Å²) in [5.74, 6) is 0.518. The molecule has 1 fully saturated rings. The lowest BCUT2D eigenvalue weighted by Crippen LogP contribution is -2.28. The third-order valence-electron chi connectivity index (χ3n) is 3.27. The molecule has 9 heteroatoms. The molecule has 3 N–H and O–H groups in total. The Labute approximate surface area is 121 Å². The molecule has 108 valence electrons. The van der Waals surface area contributed by atoms with Gasteiger partial charge in [-0.3, -0.25) is 9.36 Å². The summed E-state index contributed by atoms with van der Waals surface area (Å²) in [6.45, 7) is 1.88. The van der Waals surface area contributed by atoms with Crippen molar-refractivity contribution >= 4 is 27.1 Å². The molecule has 1 aliphatic rings. The highest BCUT2D eigenvalue weighted by Gasteiger charge is 2.38. The fourth-order valence-electron chi connectivity index (χ4n) is 2.21. The van der Waals surface area contributed by atoms with E-state index in [-0.39, 0.29) is 17.7 Å². The number of hydrogen-bond donors (Lipinski definition) is 3. The van der Waals surface area contributed by atoms with E-state index in [9.17, 15) is 15.0 Å². The number of aryl methyl sites for hydroxylation is 1. The zero-order valence-electron chi connectivity index (χ0n) is 10.6. The number of aromatic nitrogens is 4. The number of aliphatic hydroxyl groups is 2. The number of ether oxygens (including phenoxy) is 1. The lowest BCUT2D eigenvalue weighted by atomic mass is 10.2. The van der Waals surface area contributed by atoms with E-state index in [2.05, 4.69) is 30.9 Å². The van der Waals surface area contributed by atoms with Crippen LogP contribution < -0.4 is 5.56 Å². The maximum Gasteiger partial charge on any atom is 0.279 e. The molecule has 0 amide bonds. The van der Waals surface area contributed by atoms with Crippen molar-refractivity contribution in [3.05, 3.63) is 20.9 Å². The Morgan fingerprint density at radius 3 is 2.85 bits per heavy atom. The second-order valence-corrected chi connectivity index (χ2v) is 5.28. The first-order valence-electron chi connectivity index (χ1n) is 6.17. The highest BCUT2D eigenvalue weighted by molar-refractivity contribution is 9.10. The van der Waals surface area contributed by atoms with Crippen molar-refractivity contribution < 1.29 is 14.9 Å². The van der Waals surface area contributed by atoms with Gasteiger partial charge in [-0.05, 0) is 15.9 Å². The Kier molecular flexibility index (Phi) is 3.36. The fraction of sp³-hybridized carbons (Fsp3) is 0.545. The van der Waals surface area contributed by atoms with E-state index in [1.807, 2.05) is 6.92 Å². The fourth-order valence-corrected chi connectivity index (χ4v) is 2.75. The monoisotopic (exact) mass is 344 g/mol. The maximum absolute atomic E-state index is 11.9. The van der Waals surface area contributed by atoms with Gasteiger partial charge in [-0.25, -0.2) is 9.97 Å². The molecule has 0 aliphatic carbocycles. The quantitative estimate of drug-likeness (QED) is 0.644. The number of rotatable bonds is 2. The van der Waals surface area contributed by atoms with E-state index < -0.39 is 18.4 Å². The molecule has 0 spiro atoms. The van der Waals surface area contributed by atoms with E-state index in [0.717, 1.165) is 0 Å². The summed E-state index contributed by atoms with van der Waals surface area (Å²) in [6, 6.07) is 0. The number of H-pyrrole nitrogens is 1. The van der Waals surface area contributed by atoms with E-state index in [1.54, 1.807) is 0 Å². The second-order valence-electron chi connectivity index (χ2n) is 4.57. The molecule has 8 nitrogen and oxygen atoms in total. The number of aromatic amines is 1. The molecular weight excluding hydrogens is 332 g/mol. The molecule has 3 rings (SSSR count). The molecule has 3 atom stereocenters. The minimum Gasteiger partial charge on any atom is -0.388 e. The van der Waals surface area contributed by atoms with Gasteiger partial charge in [0.1, 0.15) is 18.0 Å². The maximum atomic E-state index is 11.9. The lowest BCUT2D eigenvalue weighted by molar-refractivity contribution is -0.0175. The Balaban J connectivity index is 2.22. The second kappa shape index (κ2) is 4.92. The largest absolute Gasteiger partial charge is 0.388 e. The van der Waals surface area contributed by atoms with Crippen LogP contribution in [0.15, 0.2) is 9.53 Å². The Morgan fingerprint density at radius 2 is 2.25 bits per heavy atom. The first kappa shape index (κ1) is 13.7. The standard InChI is InChI=1S/C11H13BrN4O4/c1-2-5-13-8-6(9(19)14-5)15-11(12)16(8)10-7(18)4(17)3-20-10/h4,7,10,17-18H,2-3H2,1H3,(H,13,14,19). The van der Waals surface area contributed by atoms with Crippen molar-refractivity contribution in [1.82, 2.24) is 19.5 Å². The summed E-state index contributed by atoms with van der Waals surface area (Å²) in [6.07, 6.45) is -2.35. The predicted molar refractivity (Wildman–Crippen MR) is 72.2 cm³/mol. The van der Waals surface area contributed by atoms with Crippen LogP contribution in [0.5, 0.6) is 0 Å². The molecule has 3 unspecified atom stereocenters. The first-order chi connectivity index (χ1) is 9.52. The third-order valence-corrected chi connectivity index (χ3v) is 3.83. The van der Waals surface area contributed by atoms with Gasteiger partial charge in [0.25, 0.3) is 5.56 Å². The predicted octanol–water partition coefficient (Wildman–Crippen LogP) is -0.305. The van der Waals surface area contributed by atoms with Crippen LogP contribution >= 0.6 is 15.9 Å². The van der Waals surface area contributed by atoms with Gasteiger partial charge in [0.05, 0.1) is 6.61 Å². The van der Waals surface area contributed by atoms with Crippen molar-refractivity contribution in [2.75, 3.05) is 6.61 Å². The van der Waals surface area contributed by atoms with Crippen LogP contribution in [-0.2, 0) is 11.2 Å². The van der Waals surface area contributed by atoms with E-state index in [4.69, 9.17) is 4.74 Å². The van der Waals surface area contributed by atoms with Gasteiger partial charge in [-0.1, -0.05) is 6.92 Å². The van der Waals surface area contributed by atoms with Crippen LogP contribution in [-0.4, -0.2) is 48.5 Å². The van der Waals surface area contributed by atoms with Crippen molar-refractivity contribution in [2.45, 2.75) is 31.8 Å². The van der Waals surface area contributed by atoms with Gasteiger partial charge in [0, 0.05) is 6.42 Å². The molecule has 1 saturated heterocycles. The molecule has 2 aromatic rings. The normalized spacial score (nSPS) is 26.5. The van der Waals surface area contributed by atoms with Crippen LogP contribution in [0, 0.1) is 0 Å². The van der Waals surface area contributed by atoms with Gasteiger partial charge in [0.2, 0.25) is 0 Å². The molecule has 3 heterocycles. The van der Waals surface area contributed by atoms with Gasteiger partial charge >= 0.3 is 0 Å².